The van der Waals surface area contributed by atoms with Gasteiger partial charge in [0.1, 0.15) is 5.69 Å². The average molecular weight is 234 g/mol. The number of aromatic nitrogens is 2. The smallest absolute Gasteiger partial charge is 0.150 e. The van der Waals surface area contributed by atoms with Crippen LogP contribution in [0.15, 0.2) is 0 Å². The number of anilines is 2. The van der Waals surface area contributed by atoms with Crippen LogP contribution in [-0.2, 0) is 7.05 Å². The van der Waals surface area contributed by atoms with Crippen LogP contribution in [0.3, 0.4) is 0 Å². The molecule has 3 heterocycles. The highest BCUT2D eigenvalue weighted by molar-refractivity contribution is 5.71. The van der Waals surface area contributed by atoms with E-state index >= 15 is 0 Å². The van der Waals surface area contributed by atoms with Crippen molar-refractivity contribution in [1.29, 1.82) is 0 Å². The first-order chi connectivity index (χ1) is 8.27. The largest absolute Gasteiger partial charge is 0.378 e. The Morgan fingerprint density at radius 3 is 2.94 bits per heavy atom. The first kappa shape index (κ1) is 10.9. The van der Waals surface area contributed by atoms with Gasteiger partial charge in [-0.1, -0.05) is 19.3 Å². The standard InChI is InChI=1S/C13H22N4/c1-10-12-13(16(2)15-10)17-8-6-4-3-5-7-11(17)9-14-12/h11,14H,3-9H2,1-2H3. The van der Waals surface area contributed by atoms with E-state index in [-0.39, 0.29) is 0 Å². The number of rotatable bonds is 0. The number of aryl methyl sites for hydroxylation is 2. The lowest BCUT2D eigenvalue weighted by Crippen LogP contribution is -2.46. The Labute approximate surface area is 103 Å². The quantitative estimate of drug-likeness (QED) is 0.747. The predicted molar refractivity (Wildman–Crippen MR) is 70.7 cm³/mol. The maximum absolute atomic E-state index is 4.55. The fraction of sp³-hybridized carbons (Fsp3) is 0.769. The molecule has 0 saturated carbocycles. The number of nitrogens with one attached hydrogen (secondary N) is 1. The Morgan fingerprint density at radius 2 is 2.06 bits per heavy atom. The van der Waals surface area contributed by atoms with Crippen LogP contribution in [0.5, 0.6) is 0 Å². The molecule has 3 rings (SSSR count). The van der Waals surface area contributed by atoms with E-state index < -0.39 is 0 Å². The molecule has 4 nitrogen and oxygen atoms in total. The molecular weight excluding hydrogens is 212 g/mol. The minimum Gasteiger partial charge on any atom is -0.378 e. The monoisotopic (exact) mass is 234 g/mol. The maximum Gasteiger partial charge on any atom is 0.150 e. The lowest BCUT2D eigenvalue weighted by Gasteiger charge is -2.39. The van der Waals surface area contributed by atoms with Crippen LogP contribution in [0.25, 0.3) is 0 Å². The minimum absolute atomic E-state index is 0.664. The van der Waals surface area contributed by atoms with Crippen LogP contribution >= 0.6 is 0 Å². The normalized spacial score (nSPS) is 24.4. The van der Waals surface area contributed by atoms with Gasteiger partial charge >= 0.3 is 0 Å². The van der Waals surface area contributed by atoms with Crippen LogP contribution in [0, 0.1) is 6.92 Å². The summed E-state index contributed by atoms with van der Waals surface area (Å²) in [4.78, 5) is 2.59. The fourth-order valence-electron chi connectivity index (χ4n) is 3.25. The molecule has 1 fully saturated rings. The molecule has 0 spiro atoms. The van der Waals surface area contributed by atoms with Crippen molar-refractivity contribution in [3.63, 3.8) is 0 Å². The lowest BCUT2D eigenvalue weighted by atomic mass is 10.00. The molecule has 1 unspecified atom stereocenters. The third-order valence-electron chi connectivity index (χ3n) is 4.11. The summed E-state index contributed by atoms with van der Waals surface area (Å²) in [6, 6.07) is 0.664. The SMILES string of the molecule is Cc1nn(C)c2c1NCC1CCCCCCN21. The number of nitrogens with zero attached hydrogens (tertiary/aromatic N) is 3. The fourth-order valence-corrected chi connectivity index (χ4v) is 3.25. The van der Waals surface area contributed by atoms with Crippen molar-refractivity contribution < 1.29 is 0 Å². The van der Waals surface area contributed by atoms with E-state index in [1.54, 1.807) is 0 Å². The summed E-state index contributed by atoms with van der Waals surface area (Å²) in [5, 5.41) is 8.12. The van der Waals surface area contributed by atoms with Crippen molar-refractivity contribution in [3.05, 3.63) is 5.69 Å². The van der Waals surface area contributed by atoms with Gasteiger partial charge in [-0.15, -0.1) is 0 Å². The molecule has 0 radical (unpaired) electrons. The van der Waals surface area contributed by atoms with E-state index in [2.05, 4.69) is 29.3 Å². The number of hydrogen-bond acceptors (Lipinski definition) is 3. The molecule has 1 saturated heterocycles. The van der Waals surface area contributed by atoms with E-state index in [1.165, 1.54) is 50.2 Å². The van der Waals surface area contributed by atoms with Crippen molar-refractivity contribution >= 4 is 11.5 Å². The summed E-state index contributed by atoms with van der Waals surface area (Å²) in [6.45, 7) is 4.37. The molecule has 0 bridgehead atoms. The Hall–Kier alpha value is -1.19. The Kier molecular flexibility index (Phi) is 2.73. The van der Waals surface area contributed by atoms with E-state index in [0.717, 1.165) is 12.2 Å². The molecule has 1 atom stereocenters. The molecule has 0 aliphatic carbocycles. The van der Waals surface area contributed by atoms with E-state index in [0.29, 0.717) is 6.04 Å². The molecule has 94 valence electrons. The van der Waals surface area contributed by atoms with Crippen molar-refractivity contribution in [2.45, 2.75) is 45.1 Å². The second-order valence-corrected chi connectivity index (χ2v) is 5.34. The molecule has 1 N–H and O–H groups in total. The molecule has 17 heavy (non-hydrogen) atoms. The zero-order valence-corrected chi connectivity index (χ0v) is 10.9. The highest BCUT2D eigenvalue weighted by Crippen LogP contribution is 2.35. The average Bonchev–Trinajstić information content (AvgIpc) is 2.55. The Bertz CT molecular complexity index is 410. The van der Waals surface area contributed by atoms with E-state index in [4.69, 9.17) is 0 Å². The van der Waals surface area contributed by atoms with Crippen molar-refractivity contribution in [1.82, 2.24) is 9.78 Å². The van der Waals surface area contributed by atoms with Crippen LogP contribution in [0.4, 0.5) is 11.5 Å². The molecule has 1 aromatic rings. The molecule has 4 heteroatoms. The van der Waals surface area contributed by atoms with E-state index in [9.17, 15) is 0 Å². The summed E-state index contributed by atoms with van der Waals surface area (Å²) < 4.78 is 2.05. The maximum atomic E-state index is 4.55. The van der Waals surface area contributed by atoms with Crippen LogP contribution in [0.1, 0.15) is 37.8 Å². The van der Waals surface area contributed by atoms with Gasteiger partial charge in [0.25, 0.3) is 0 Å². The predicted octanol–water partition coefficient (Wildman–Crippen LogP) is 2.29. The van der Waals surface area contributed by atoms with E-state index in [1.807, 2.05) is 4.68 Å². The van der Waals surface area contributed by atoms with Gasteiger partial charge < -0.3 is 10.2 Å². The second-order valence-electron chi connectivity index (χ2n) is 5.34. The van der Waals surface area contributed by atoms with Crippen molar-refractivity contribution in [3.8, 4) is 0 Å². The summed E-state index contributed by atoms with van der Waals surface area (Å²) in [5.41, 5.74) is 2.38. The highest BCUT2D eigenvalue weighted by Gasteiger charge is 2.30. The van der Waals surface area contributed by atoms with Crippen LogP contribution in [-0.4, -0.2) is 28.9 Å². The first-order valence-corrected chi connectivity index (χ1v) is 6.81. The van der Waals surface area contributed by atoms with Crippen molar-refractivity contribution in [2.24, 2.45) is 7.05 Å². The zero-order valence-electron chi connectivity index (χ0n) is 10.9. The molecular formula is C13H22N4. The number of fused-ring (bicyclic) bond motifs is 3. The molecule has 2 aliphatic heterocycles. The third kappa shape index (κ3) is 1.79. The minimum atomic E-state index is 0.664. The number of hydrogen-bond donors (Lipinski definition) is 1. The second kappa shape index (κ2) is 4.24. The van der Waals surface area contributed by atoms with Gasteiger partial charge in [0.05, 0.1) is 5.69 Å². The molecule has 0 amide bonds. The zero-order chi connectivity index (χ0) is 11.8. The lowest BCUT2D eigenvalue weighted by molar-refractivity contribution is 0.463. The van der Waals surface area contributed by atoms with Gasteiger partial charge in [0.15, 0.2) is 5.82 Å². The van der Waals surface area contributed by atoms with Gasteiger partial charge in [-0.05, 0) is 19.8 Å². The molecule has 0 aromatic carbocycles. The topological polar surface area (TPSA) is 33.1 Å². The molecule has 2 aliphatic rings. The summed E-state index contributed by atoms with van der Waals surface area (Å²) in [6.07, 6.45) is 6.79. The first-order valence-electron chi connectivity index (χ1n) is 6.81. The summed E-state index contributed by atoms with van der Waals surface area (Å²) in [7, 11) is 2.06. The van der Waals surface area contributed by atoms with Gasteiger partial charge in [-0.3, -0.25) is 4.68 Å². The van der Waals surface area contributed by atoms with Gasteiger partial charge in [0.2, 0.25) is 0 Å². The summed E-state index contributed by atoms with van der Waals surface area (Å²) in [5.74, 6) is 1.31. The van der Waals surface area contributed by atoms with Crippen LogP contribution in [0.2, 0.25) is 0 Å². The Morgan fingerprint density at radius 1 is 1.24 bits per heavy atom. The van der Waals surface area contributed by atoms with Crippen LogP contribution < -0.4 is 10.2 Å². The highest BCUT2D eigenvalue weighted by atomic mass is 15.4. The molecule has 1 aromatic heterocycles. The Balaban J connectivity index is 1.96. The van der Waals surface area contributed by atoms with Gasteiger partial charge in [-0.2, -0.15) is 5.10 Å². The van der Waals surface area contributed by atoms with Crippen molar-refractivity contribution in [2.75, 3.05) is 23.3 Å². The van der Waals surface area contributed by atoms with Gasteiger partial charge in [0, 0.05) is 26.2 Å². The van der Waals surface area contributed by atoms with Gasteiger partial charge in [-0.25, -0.2) is 0 Å². The third-order valence-corrected chi connectivity index (χ3v) is 4.11. The summed E-state index contributed by atoms with van der Waals surface area (Å²) >= 11 is 0.